The zero-order valence-corrected chi connectivity index (χ0v) is 12.5. The maximum absolute atomic E-state index is 11.9. The summed E-state index contributed by atoms with van der Waals surface area (Å²) in [6.07, 6.45) is 5.49. The van der Waals surface area contributed by atoms with Crippen LogP contribution in [-0.4, -0.2) is 21.7 Å². The number of rotatable bonds is 6. The Morgan fingerprint density at radius 1 is 1.33 bits per heavy atom. The van der Waals surface area contributed by atoms with Crippen LogP contribution in [0, 0.1) is 0 Å². The molecule has 5 nitrogen and oxygen atoms in total. The van der Waals surface area contributed by atoms with Crippen molar-refractivity contribution in [1.82, 2.24) is 15.1 Å². The lowest BCUT2D eigenvalue weighted by Crippen LogP contribution is -2.36. The maximum atomic E-state index is 11.9. The molecule has 3 N–H and O–H groups in total. The molecule has 5 heteroatoms. The smallest absolute Gasteiger partial charge is 0.241 e. The maximum Gasteiger partial charge on any atom is 0.241 e. The number of nitrogens with zero attached hydrogens (tertiary/aromatic N) is 2. The summed E-state index contributed by atoms with van der Waals surface area (Å²) in [5.74, 6) is -0.00840. The summed E-state index contributed by atoms with van der Waals surface area (Å²) in [7, 11) is 0. The molecule has 0 spiro atoms. The highest BCUT2D eigenvalue weighted by Crippen LogP contribution is 2.20. The predicted octanol–water partition coefficient (Wildman–Crippen LogP) is 2.44. The van der Waals surface area contributed by atoms with E-state index in [4.69, 9.17) is 5.73 Å². The molecule has 0 aliphatic heterocycles. The van der Waals surface area contributed by atoms with Crippen molar-refractivity contribution < 1.29 is 4.79 Å². The minimum atomic E-state index is -0.00840. The van der Waals surface area contributed by atoms with E-state index in [0.29, 0.717) is 5.69 Å². The van der Waals surface area contributed by atoms with Crippen molar-refractivity contribution in [3.63, 3.8) is 0 Å². The summed E-state index contributed by atoms with van der Waals surface area (Å²) < 4.78 is 1.65. The number of carbonyl (C=O) groups is 1. The largest absolute Gasteiger partial charge is 0.399 e. The van der Waals surface area contributed by atoms with Crippen LogP contribution in [0.5, 0.6) is 0 Å². The zero-order valence-electron chi connectivity index (χ0n) is 12.5. The van der Waals surface area contributed by atoms with Crippen LogP contribution >= 0.6 is 0 Å². The van der Waals surface area contributed by atoms with Crippen molar-refractivity contribution >= 4 is 11.6 Å². The first-order valence-corrected chi connectivity index (χ1v) is 7.30. The van der Waals surface area contributed by atoms with Gasteiger partial charge in [-0.05, 0) is 30.5 Å². The summed E-state index contributed by atoms with van der Waals surface area (Å²) in [5, 5.41) is 7.24. The van der Waals surface area contributed by atoms with E-state index in [2.05, 4.69) is 24.3 Å². The Balaban J connectivity index is 2.02. The molecule has 0 aliphatic rings. The van der Waals surface area contributed by atoms with Gasteiger partial charge in [-0.15, -0.1) is 0 Å². The molecule has 21 heavy (non-hydrogen) atoms. The summed E-state index contributed by atoms with van der Waals surface area (Å²) >= 11 is 0. The van der Waals surface area contributed by atoms with Crippen LogP contribution in [0.1, 0.15) is 26.7 Å². The molecule has 0 bridgehead atoms. The van der Waals surface area contributed by atoms with Crippen LogP contribution in [0.4, 0.5) is 5.69 Å². The fraction of sp³-hybridized carbons (Fsp3) is 0.375. The normalized spacial score (nSPS) is 10.8. The predicted molar refractivity (Wildman–Crippen MR) is 84.6 cm³/mol. The van der Waals surface area contributed by atoms with Crippen molar-refractivity contribution in [2.45, 2.75) is 39.3 Å². The van der Waals surface area contributed by atoms with Crippen LogP contribution in [0.2, 0.25) is 0 Å². The standard InChI is InChI=1S/C16H22N4O/c1-3-15(4-2)19-16(21)11-20-10-13(9-18-20)12-6-5-7-14(17)8-12/h5-10,15H,3-4,11,17H2,1-2H3,(H,19,21). The summed E-state index contributed by atoms with van der Waals surface area (Å²) in [6, 6.07) is 7.85. The molecule has 2 rings (SSSR count). The third-order valence-corrected chi connectivity index (χ3v) is 3.51. The van der Waals surface area contributed by atoms with Gasteiger partial charge in [0, 0.05) is 23.5 Å². The highest BCUT2D eigenvalue weighted by Gasteiger charge is 2.10. The first-order chi connectivity index (χ1) is 10.1. The number of benzene rings is 1. The molecule has 0 atom stereocenters. The number of hydrogen-bond donors (Lipinski definition) is 2. The van der Waals surface area contributed by atoms with E-state index in [0.717, 1.165) is 24.0 Å². The van der Waals surface area contributed by atoms with Gasteiger partial charge >= 0.3 is 0 Å². The molecule has 2 aromatic rings. The molecule has 112 valence electrons. The molecule has 1 amide bonds. The molecular formula is C16H22N4O. The highest BCUT2D eigenvalue weighted by molar-refractivity contribution is 5.76. The summed E-state index contributed by atoms with van der Waals surface area (Å²) in [4.78, 5) is 11.9. The zero-order chi connectivity index (χ0) is 15.2. The van der Waals surface area contributed by atoms with Gasteiger partial charge in [0.25, 0.3) is 0 Å². The average molecular weight is 286 g/mol. The van der Waals surface area contributed by atoms with Crippen LogP contribution in [0.25, 0.3) is 11.1 Å². The second-order valence-electron chi connectivity index (χ2n) is 5.13. The second-order valence-corrected chi connectivity index (χ2v) is 5.13. The molecule has 0 radical (unpaired) electrons. The molecule has 1 aromatic carbocycles. The first-order valence-electron chi connectivity index (χ1n) is 7.30. The van der Waals surface area contributed by atoms with Crippen LogP contribution in [0.3, 0.4) is 0 Å². The molecule has 0 saturated heterocycles. The number of anilines is 1. The second kappa shape index (κ2) is 6.92. The number of nitrogens with one attached hydrogen (secondary N) is 1. The SMILES string of the molecule is CCC(CC)NC(=O)Cn1cc(-c2cccc(N)c2)cn1. The Morgan fingerprint density at radius 2 is 2.10 bits per heavy atom. The van der Waals surface area contributed by atoms with E-state index in [1.165, 1.54) is 0 Å². The lowest BCUT2D eigenvalue weighted by molar-refractivity contribution is -0.122. The monoisotopic (exact) mass is 286 g/mol. The van der Waals surface area contributed by atoms with Gasteiger partial charge in [0.1, 0.15) is 6.54 Å². The Hall–Kier alpha value is -2.30. The highest BCUT2D eigenvalue weighted by atomic mass is 16.2. The summed E-state index contributed by atoms with van der Waals surface area (Å²) in [6.45, 7) is 4.37. The quantitative estimate of drug-likeness (QED) is 0.801. The van der Waals surface area contributed by atoms with Gasteiger partial charge in [-0.3, -0.25) is 9.48 Å². The van der Waals surface area contributed by atoms with E-state index in [1.54, 1.807) is 10.9 Å². The van der Waals surface area contributed by atoms with Gasteiger partial charge in [0.2, 0.25) is 5.91 Å². The number of nitrogens with two attached hydrogens (primary N) is 1. The fourth-order valence-electron chi connectivity index (χ4n) is 2.23. The van der Waals surface area contributed by atoms with E-state index < -0.39 is 0 Å². The van der Waals surface area contributed by atoms with Crippen LogP contribution in [0.15, 0.2) is 36.7 Å². The fourth-order valence-corrected chi connectivity index (χ4v) is 2.23. The van der Waals surface area contributed by atoms with Gasteiger partial charge in [-0.25, -0.2) is 0 Å². The van der Waals surface area contributed by atoms with E-state index >= 15 is 0 Å². The number of hydrogen-bond acceptors (Lipinski definition) is 3. The van der Waals surface area contributed by atoms with Crippen LogP contribution < -0.4 is 11.1 Å². The number of nitrogen functional groups attached to an aromatic ring is 1. The first kappa shape index (κ1) is 15.1. The number of carbonyl (C=O) groups excluding carboxylic acids is 1. The van der Waals surface area contributed by atoms with Gasteiger partial charge in [0.05, 0.1) is 6.20 Å². The van der Waals surface area contributed by atoms with Gasteiger partial charge in [-0.2, -0.15) is 5.10 Å². The van der Waals surface area contributed by atoms with E-state index in [9.17, 15) is 4.79 Å². The molecular weight excluding hydrogens is 264 g/mol. The Morgan fingerprint density at radius 3 is 2.76 bits per heavy atom. The number of aromatic nitrogens is 2. The van der Waals surface area contributed by atoms with Gasteiger partial charge in [-0.1, -0.05) is 26.0 Å². The summed E-state index contributed by atoms with van der Waals surface area (Å²) in [5.41, 5.74) is 8.45. The van der Waals surface area contributed by atoms with E-state index in [-0.39, 0.29) is 18.5 Å². The third kappa shape index (κ3) is 4.08. The molecule has 0 saturated carbocycles. The van der Waals surface area contributed by atoms with Crippen molar-refractivity contribution in [2.75, 3.05) is 5.73 Å². The van der Waals surface area contributed by atoms with Gasteiger partial charge in [0.15, 0.2) is 0 Å². The van der Waals surface area contributed by atoms with E-state index in [1.807, 2.05) is 30.5 Å². The Kier molecular flexibility index (Phi) is 4.98. The minimum absolute atomic E-state index is 0.00840. The minimum Gasteiger partial charge on any atom is -0.399 e. The molecule has 0 unspecified atom stereocenters. The van der Waals surface area contributed by atoms with Crippen molar-refractivity contribution in [1.29, 1.82) is 0 Å². The van der Waals surface area contributed by atoms with Crippen molar-refractivity contribution in [3.05, 3.63) is 36.7 Å². The number of amides is 1. The lowest BCUT2D eigenvalue weighted by atomic mass is 10.1. The van der Waals surface area contributed by atoms with Gasteiger partial charge < -0.3 is 11.1 Å². The molecule has 0 aliphatic carbocycles. The molecule has 1 aromatic heterocycles. The molecule has 1 heterocycles. The molecule has 0 fully saturated rings. The average Bonchev–Trinajstić information content (AvgIpc) is 2.93. The van der Waals surface area contributed by atoms with Crippen LogP contribution in [-0.2, 0) is 11.3 Å². The van der Waals surface area contributed by atoms with Crippen molar-refractivity contribution in [3.8, 4) is 11.1 Å². The Labute approximate surface area is 125 Å². The lowest BCUT2D eigenvalue weighted by Gasteiger charge is -2.14. The third-order valence-electron chi connectivity index (χ3n) is 3.51. The Bertz CT molecular complexity index is 602. The topological polar surface area (TPSA) is 72.9 Å². The van der Waals surface area contributed by atoms with Crippen molar-refractivity contribution in [2.24, 2.45) is 0 Å².